The molecule has 1 aromatic rings. The molecule has 0 N–H and O–H groups in total. The first-order valence-electron chi connectivity index (χ1n) is 6.70. The molecule has 0 aliphatic carbocycles. The second-order valence-electron chi connectivity index (χ2n) is 4.79. The van der Waals surface area contributed by atoms with Crippen molar-refractivity contribution in [3.05, 3.63) is 35.4 Å². The zero-order valence-electron chi connectivity index (χ0n) is 12.9. The van der Waals surface area contributed by atoms with Gasteiger partial charge in [-0.25, -0.2) is 6.08 Å². The van der Waals surface area contributed by atoms with Gasteiger partial charge in [0.25, 0.3) is 0 Å². The number of ether oxygens (including phenoxy) is 1. The minimum absolute atomic E-state index is 0. The third kappa shape index (κ3) is 4.56. The topological polar surface area (TPSA) is 29.5 Å². The van der Waals surface area contributed by atoms with Crippen LogP contribution in [0.25, 0.3) is 5.70 Å². The Kier molecular flexibility index (Phi) is 8.09. The van der Waals surface area contributed by atoms with Crippen LogP contribution in [0.5, 0.6) is 5.75 Å². The molecule has 3 nitrogen and oxygen atoms in total. The van der Waals surface area contributed by atoms with Crippen molar-refractivity contribution >= 4 is 34.2 Å². The van der Waals surface area contributed by atoms with Crippen LogP contribution < -0.4 is 4.74 Å². The number of halogens is 1. The molecular formula is C17H17INO2Y-. The molecule has 0 bridgehead atoms. The van der Waals surface area contributed by atoms with Crippen molar-refractivity contribution in [1.82, 2.24) is 4.90 Å². The number of hydrogen-bond acceptors (Lipinski definition) is 2. The summed E-state index contributed by atoms with van der Waals surface area (Å²) >= 11 is 2.16. The van der Waals surface area contributed by atoms with Gasteiger partial charge in [0, 0.05) is 39.8 Å². The van der Waals surface area contributed by atoms with Gasteiger partial charge in [-0.1, -0.05) is 41.9 Å². The number of aryl methyl sites for hydroxylation is 1. The van der Waals surface area contributed by atoms with Crippen molar-refractivity contribution in [3.8, 4) is 17.6 Å². The molecule has 1 unspecified atom stereocenters. The van der Waals surface area contributed by atoms with E-state index in [1.54, 1.807) is 18.9 Å². The number of rotatable bonds is 3. The van der Waals surface area contributed by atoms with Gasteiger partial charge in [-0.3, -0.25) is 4.79 Å². The van der Waals surface area contributed by atoms with Crippen molar-refractivity contribution in [3.63, 3.8) is 0 Å². The normalized spacial score (nSPS) is 17.1. The maximum absolute atomic E-state index is 12.1. The molecule has 0 saturated carbocycles. The molecule has 1 radical (unpaired) electrons. The van der Waals surface area contributed by atoms with Crippen molar-refractivity contribution in [2.24, 2.45) is 0 Å². The molecule has 5 heteroatoms. The molecule has 0 aromatic heterocycles. The fourth-order valence-electron chi connectivity index (χ4n) is 2.17. The summed E-state index contributed by atoms with van der Waals surface area (Å²) < 4.78 is 5.53. The number of benzene rings is 1. The van der Waals surface area contributed by atoms with E-state index in [0.717, 1.165) is 22.6 Å². The molecule has 2 rings (SSSR count). The minimum Gasteiger partial charge on any atom is -0.481 e. The Hall–Kier alpha value is -0.376. The molecular weight excluding hydrogens is 466 g/mol. The third-order valence-corrected chi connectivity index (χ3v) is 4.30. The Morgan fingerprint density at radius 1 is 1.50 bits per heavy atom. The summed E-state index contributed by atoms with van der Waals surface area (Å²) in [4.78, 5) is 13.8. The molecule has 1 atom stereocenters. The van der Waals surface area contributed by atoms with Crippen molar-refractivity contribution in [2.45, 2.75) is 24.2 Å². The van der Waals surface area contributed by atoms with Crippen molar-refractivity contribution in [2.75, 3.05) is 13.7 Å². The molecule has 0 fully saturated rings. The molecule has 1 aliphatic rings. The average Bonchev–Trinajstić information content (AvgIpc) is 2.46. The maximum Gasteiger partial charge on any atom is 0.235 e. The van der Waals surface area contributed by atoms with E-state index in [4.69, 9.17) is 4.74 Å². The number of allylic oxidation sites excluding steroid dienone is 1. The van der Waals surface area contributed by atoms with E-state index in [9.17, 15) is 4.79 Å². The van der Waals surface area contributed by atoms with E-state index in [1.165, 1.54) is 0 Å². The Morgan fingerprint density at radius 2 is 2.23 bits per heavy atom. The van der Waals surface area contributed by atoms with Crippen LogP contribution in [0.4, 0.5) is 0 Å². The van der Waals surface area contributed by atoms with Crippen molar-refractivity contribution < 1.29 is 42.2 Å². The van der Waals surface area contributed by atoms with Crippen LogP contribution in [0.1, 0.15) is 24.5 Å². The predicted molar refractivity (Wildman–Crippen MR) is 92.0 cm³/mol. The van der Waals surface area contributed by atoms with Crippen LogP contribution in [-0.4, -0.2) is 28.4 Å². The number of nitrogens with zero attached hydrogens (tertiary/aromatic N) is 1. The van der Waals surface area contributed by atoms with Crippen LogP contribution >= 0.6 is 22.6 Å². The Balaban J connectivity index is 0.00000242. The molecule has 113 valence electrons. The van der Waals surface area contributed by atoms with Gasteiger partial charge in [-0.2, -0.15) is 0 Å². The zero-order chi connectivity index (χ0) is 15.4. The Labute approximate surface area is 170 Å². The van der Waals surface area contributed by atoms with Crippen molar-refractivity contribution in [1.29, 1.82) is 0 Å². The first-order valence-corrected chi connectivity index (χ1v) is 7.95. The van der Waals surface area contributed by atoms with Gasteiger partial charge in [-0.05, 0) is 19.1 Å². The van der Waals surface area contributed by atoms with Crippen LogP contribution in [0.15, 0.2) is 18.2 Å². The number of amides is 1. The largest absolute Gasteiger partial charge is 0.481 e. The van der Waals surface area contributed by atoms with Crippen LogP contribution in [-0.2, 0) is 37.5 Å². The number of alkyl halides is 1. The predicted octanol–water partition coefficient (Wildman–Crippen LogP) is 3.20. The second kappa shape index (κ2) is 9.05. The second-order valence-corrected chi connectivity index (χ2v) is 6.29. The van der Waals surface area contributed by atoms with Crippen LogP contribution in [0.3, 0.4) is 0 Å². The van der Waals surface area contributed by atoms with Crippen LogP contribution in [0.2, 0.25) is 0 Å². The van der Waals surface area contributed by atoms with E-state index in [2.05, 4.69) is 40.5 Å². The summed E-state index contributed by atoms with van der Waals surface area (Å²) in [5.41, 5.74) is 2.93. The van der Waals surface area contributed by atoms with Gasteiger partial charge < -0.3 is 9.64 Å². The summed E-state index contributed by atoms with van der Waals surface area (Å²) in [6, 6.07) is 5.85. The first-order chi connectivity index (χ1) is 10.0. The molecule has 1 aliphatic heterocycles. The summed E-state index contributed by atoms with van der Waals surface area (Å²) in [7, 11) is 1.80. The molecule has 0 saturated heterocycles. The van der Waals surface area contributed by atoms with Gasteiger partial charge in [-0.15, -0.1) is 28.8 Å². The molecule has 22 heavy (non-hydrogen) atoms. The molecule has 0 spiro atoms. The number of carbonyl (C=O) groups excluding carboxylic acids is 1. The van der Waals surface area contributed by atoms with E-state index in [-0.39, 0.29) is 42.5 Å². The van der Waals surface area contributed by atoms with Gasteiger partial charge in [0.2, 0.25) is 5.91 Å². The summed E-state index contributed by atoms with van der Waals surface area (Å²) in [6.45, 7) is 4.19. The van der Waals surface area contributed by atoms with Gasteiger partial charge in [0.15, 0.2) is 0 Å². The number of hydrogen-bond donors (Lipinski definition) is 0. The minimum atomic E-state index is -0.0214. The summed E-state index contributed by atoms with van der Waals surface area (Å²) in [6.07, 6.45) is 3.98. The van der Waals surface area contributed by atoms with Gasteiger partial charge >= 0.3 is 0 Å². The SMILES string of the molecule is CC#CCOc1ccc(C2=[C-]CC(I)C(=O)N2C)c(C)c1.[Y]. The van der Waals surface area contributed by atoms with E-state index in [0.29, 0.717) is 13.0 Å². The van der Waals surface area contributed by atoms with E-state index in [1.807, 2.05) is 25.1 Å². The van der Waals surface area contributed by atoms with Gasteiger partial charge in [0.05, 0.1) is 3.92 Å². The molecule has 1 heterocycles. The fourth-order valence-corrected chi connectivity index (χ4v) is 2.81. The Bertz CT molecular complexity index is 646. The fraction of sp³-hybridized carbons (Fsp3) is 0.353. The molecule has 1 amide bonds. The summed E-state index contributed by atoms with van der Waals surface area (Å²) in [5, 5.41) is 0. The smallest absolute Gasteiger partial charge is 0.235 e. The quantitative estimate of drug-likeness (QED) is 0.286. The number of carbonyl (C=O) groups is 1. The zero-order valence-corrected chi connectivity index (χ0v) is 17.9. The van der Waals surface area contributed by atoms with Gasteiger partial charge in [0.1, 0.15) is 12.4 Å². The average molecular weight is 483 g/mol. The Morgan fingerprint density at radius 3 is 2.86 bits per heavy atom. The van der Waals surface area contributed by atoms with E-state index < -0.39 is 0 Å². The van der Waals surface area contributed by atoms with E-state index >= 15 is 0 Å². The third-order valence-electron chi connectivity index (χ3n) is 3.32. The first kappa shape index (κ1) is 19.7. The standard InChI is InChI=1S/C17H17INO2.Y/c1-4-5-10-21-13-6-7-14(12(2)11-13)16-9-8-15(18)17(20)19(16)3;/h6-7,11,15H,8,10H2,1-3H3;/q-1;. The molecule has 1 aromatic carbocycles. The maximum atomic E-state index is 12.1. The van der Waals surface area contributed by atoms with Crippen LogP contribution in [0, 0.1) is 24.8 Å². The summed E-state index contributed by atoms with van der Waals surface area (Å²) in [5.74, 6) is 6.58. The monoisotopic (exact) mass is 483 g/mol.